The Kier molecular flexibility index (Phi) is 4.38. The minimum absolute atomic E-state index is 0.0389. The van der Waals surface area contributed by atoms with Crippen molar-refractivity contribution in [2.45, 2.75) is 0 Å². The van der Waals surface area contributed by atoms with Crippen LogP contribution in [0, 0.1) is 0 Å². The number of benzene rings is 2. The van der Waals surface area contributed by atoms with Crippen LogP contribution in [0.3, 0.4) is 0 Å². The molecular formula is C18H12O7. The van der Waals surface area contributed by atoms with Gasteiger partial charge < -0.3 is 24.1 Å². The second-order valence-corrected chi connectivity index (χ2v) is 4.93. The average molecular weight is 340 g/mol. The smallest absolute Gasteiger partial charge is 0.379 e. The van der Waals surface area contributed by atoms with Crippen LogP contribution in [0.15, 0.2) is 65.1 Å². The zero-order valence-electron chi connectivity index (χ0n) is 12.7. The summed E-state index contributed by atoms with van der Waals surface area (Å²) in [6.07, 6.45) is 0. The molecule has 0 aliphatic carbocycles. The van der Waals surface area contributed by atoms with Crippen LogP contribution in [0.2, 0.25) is 0 Å². The number of esters is 2. The van der Waals surface area contributed by atoms with Crippen LogP contribution in [-0.2, 0) is 0 Å². The molecule has 7 heteroatoms. The predicted octanol–water partition coefficient (Wildman–Crippen LogP) is 3.13. The van der Waals surface area contributed by atoms with Gasteiger partial charge >= 0.3 is 11.9 Å². The minimum Gasteiger partial charge on any atom is -0.508 e. The fourth-order valence-corrected chi connectivity index (χ4v) is 1.90. The molecule has 0 saturated heterocycles. The largest absolute Gasteiger partial charge is 0.508 e. The van der Waals surface area contributed by atoms with Gasteiger partial charge in [-0.3, -0.25) is 0 Å². The first-order chi connectivity index (χ1) is 12.0. The minimum atomic E-state index is -0.797. The molecule has 0 aliphatic rings. The van der Waals surface area contributed by atoms with Gasteiger partial charge in [0, 0.05) is 0 Å². The van der Waals surface area contributed by atoms with Crippen molar-refractivity contribution in [3.8, 4) is 23.0 Å². The van der Waals surface area contributed by atoms with Crippen molar-refractivity contribution >= 4 is 11.9 Å². The Morgan fingerprint density at radius 3 is 1.36 bits per heavy atom. The second-order valence-electron chi connectivity index (χ2n) is 4.93. The number of hydrogen-bond donors (Lipinski definition) is 2. The van der Waals surface area contributed by atoms with E-state index in [1.54, 1.807) is 0 Å². The topological polar surface area (TPSA) is 106 Å². The lowest BCUT2D eigenvalue weighted by atomic mass is 10.3. The summed E-state index contributed by atoms with van der Waals surface area (Å²) in [7, 11) is 0. The maximum atomic E-state index is 12.0. The normalized spacial score (nSPS) is 10.2. The van der Waals surface area contributed by atoms with Crippen molar-refractivity contribution in [2.75, 3.05) is 0 Å². The third-order valence-electron chi connectivity index (χ3n) is 3.10. The molecule has 25 heavy (non-hydrogen) atoms. The third-order valence-corrected chi connectivity index (χ3v) is 3.10. The zero-order chi connectivity index (χ0) is 17.8. The van der Waals surface area contributed by atoms with E-state index < -0.39 is 11.9 Å². The molecule has 126 valence electrons. The quantitative estimate of drug-likeness (QED) is 0.555. The lowest BCUT2D eigenvalue weighted by Crippen LogP contribution is -2.09. The van der Waals surface area contributed by atoms with Crippen molar-refractivity contribution in [3.63, 3.8) is 0 Å². The highest BCUT2D eigenvalue weighted by atomic mass is 16.6. The maximum absolute atomic E-state index is 12.0. The Labute approximate surface area is 141 Å². The molecule has 0 unspecified atom stereocenters. The second kappa shape index (κ2) is 6.79. The molecule has 7 nitrogen and oxygen atoms in total. The number of hydrogen-bond acceptors (Lipinski definition) is 7. The zero-order valence-corrected chi connectivity index (χ0v) is 12.7. The van der Waals surface area contributed by atoms with Crippen LogP contribution in [0.4, 0.5) is 0 Å². The van der Waals surface area contributed by atoms with E-state index in [1.165, 1.54) is 60.7 Å². The molecule has 3 aromatic rings. The van der Waals surface area contributed by atoms with E-state index in [9.17, 15) is 19.8 Å². The van der Waals surface area contributed by atoms with Crippen LogP contribution in [0.25, 0.3) is 0 Å². The Balaban J connectivity index is 1.66. The first kappa shape index (κ1) is 16.1. The lowest BCUT2D eigenvalue weighted by molar-refractivity contribution is 0.0670. The Morgan fingerprint density at radius 2 is 1.00 bits per heavy atom. The van der Waals surface area contributed by atoms with Crippen molar-refractivity contribution in [3.05, 3.63) is 72.2 Å². The van der Waals surface area contributed by atoms with E-state index in [0.29, 0.717) is 0 Å². The summed E-state index contributed by atoms with van der Waals surface area (Å²) in [5.41, 5.74) is 0. The van der Waals surface area contributed by atoms with Gasteiger partial charge in [0.1, 0.15) is 23.0 Å². The van der Waals surface area contributed by atoms with Crippen molar-refractivity contribution in [1.82, 2.24) is 0 Å². The summed E-state index contributed by atoms with van der Waals surface area (Å²) in [5.74, 6) is -1.44. The fraction of sp³-hybridized carbons (Fsp3) is 0. The van der Waals surface area contributed by atoms with Gasteiger partial charge in [0.25, 0.3) is 0 Å². The fourth-order valence-electron chi connectivity index (χ4n) is 1.90. The number of aromatic hydroxyl groups is 2. The molecule has 0 bridgehead atoms. The van der Waals surface area contributed by atoms with E-state index >= 15 is 0 Å². The summed E-state index contributed by atoms with van der Waals surface area (Å²) in [4.78, 5) is 23.9. The molecule has 1 aromatic heterocycles. The number of phenols is 2. The third kappa shape index (κ3) is 3.97. The average Bonchev–Trinajstić information content (AvgIpc) is 3.09. The van der Waals surface area contributed by atoms with Gasteiger partial charge in [-0.25, -0.2) is 9.59 Å². The standard InChI is InChI=1S/C18H12O7/c19-11-1-5-13(6-2-11)23-17(21)15-9-10-16(25-15)18(22)24-14-7-3-12(20)4-8-14/h1-10,19-20H. The van der Waals surface area contributed by atoms with Crippen LogP contribution in [0.1, 0.15) is 21.1 Å². The summed E-state index contributed by atoms with van der Waals surface area (Å²) in [5, 5.41) is 18.4. The van der Waals surface area contributed by atoms with Gasteiger partial charge in [-0.05, 0) is 60.7 Å². The maximum Gasteiger partial charge on any atom is 0.379 e. The SMILES string of the molecule is O=C(Oc1ccc(O)cc1)c1ccc(C(=O)Oc2ccc(O)cc2)o1. The van der Waals surface area contributed by atoms with Gasteiger partial charge in [-0.1, -0.05) is 0 Å². The van der Waals surface area contributed by atoms with E-state index in [0.717, 1.165) is 0 Å². The number of rotatable bonds is 4. The van der Waals surface area contributed by atoms with E-state index in [-0.39, 0.29) is 34.5 Å². The first-order valence-electron chi connectivity index (χ1n) is 7.13. The van der Waals surface area contributed by atoms with Gasteiger partial charge in [-0.2, -0.15) is 0 Å². The molecule has 0 atom stereocenters. The highest BCUT2D eigenvalue weighted by molar-refractivity contribution is 5.92. The van der Waals surface area contributed by atoms with Crippen LogP contribution in [-0.4, -0.2) is 22.2 Å². The highest BCUT2D eigenvalue weighted by Crippen LogP contribution is 2.20. The molecule has 0 amide bonds. The lowest BCUT2D eigenvalue weighted by Gasteiger charge is -2.03. The monoisotopic (exact) mass is 340 g/mol. The number of phenolic OH excluding ortho intramolecular Hbond substituents is 2. The van der Waals surface area contributed by atoms with Gasteiger partial charge in [-0.15, -0.1) is 0 Å². The summed E-state index contributed by atoms with van der Waals surface area (Å²) >= 11 is 0. The van der Waals surface area contributed by atoms with Crippen molar-refractivity contribution in [1.29, 1.82) is 0 Å². The molecule has 0 aliphatic heterocycles. The molecule has 0 saturated carbocycles. The summed E-state index contributed by atoms with van der Waals surface area (Å²) < 4.78 is 15.3. The van der Waals surface area contributed by atoms with Crippen LogP contribution in [0.5, 0.6) is 23.0 Å². The van der Waals surface area contributed by atoms with Gasteiger partial charge in [0.15, 0.2) is 0 Å². The molecule has 0 radical (unpaired) electrons. The number of carbonyl (C=O) groups excluding carboxylic acids is 2. The van der Waals surface area contributed by atoms with Gasteiger partial charge in [0.2, 0.25) is 11.5 Å². The van der Waals surface area contributed by atoms with Gasteiger partial charge in [0.05, 0.1) is 0 Å². The number of ether oxygens (including phenoxy) is 2. The van der Waals surface area contributed by atoms with E-state index in [1.807, 2.05) is 0 Å². The number of furan rings is 1. The molecule has 2 aromatic carbocycles. The van der Waals surface area contributed by atoms with Crippen LogP contribution >= 0.6 is 0 Å². The predicted molar refractivity (Wildman–Crippen MR) is 84.8 cm³/mol. The van der Waals surface area contributed by atoms with Crippen LogP contribution < -0.4 is 9.47 Å². The highest BCUT2D eigenvalue weighted by Gasteiger charge is 2.19. The van der Waals surface area contributed by atoms with Crippen molar-refractivity contribution < 1.29 is 33.7 Å². The Morgan fingerprint density at radius 1 is 0.640 bits per heavy atom. The Bertz CT molecular complexity index is 818. The van der Waals surface area contributed by atoms with Crippen molar-refractivity contribution in [2.24, 2.45) is 0 Å². The summed E-state index contributed by atoms with van der Waals surface area (Å²) in [6.45, 7) is 0. The van der Waals surface area contributed by atoms with E-state index in [2.05, 4.69) is 0 Å². The Hall–Kier alpha value is -3.74. The molecule has 2 N–H and O–H groups in total. The summed E-state index contributed by atoms with van der Waals surface area (Å²) in [6, 6.07) is 13.7. The molecular weight excluding hydrogens is 328 g/mol. The molecule has 1 heterocycles. The molecule has 0 fully saturated rings. The molecule has 0 spiro atoms. The first-order valence-corrected chi connectivity index (χ1v) is 7.13. The van der Waals surface area contributed by atoms with E-state index in [4.69, 9.17) is 13.9 Å². The number of carbonyl (C=O) groups is 2. The molecule has 3 rings (SSSR count).